The molecule has 0 unspecified atom stereocenters. The van der Waals surface area contributed by atoms with Crippen LogP contribution in [0.5, 0.6) is 11.5 Å². The first-order chi connectivity index (χ1) is 7.26. The summed E-state index contributed by atoms with van der Waals surface area (Å²) in [6, 6.07) is 3.91. The Morgan fingerprint density at radius 3 is 2.53 bits per heavy atom. The van der Waals surface area contributed by atoms with Crippen LogP contribution in [0.4, 0.5) is 0 Å². The van der Waals surface area contributed by atoms with Gasteiger partial charge in [-0.1, -0.05) is 12.1 Å². The highest BCUT2D eigenvalue weighted by Crippen LogP contribution is 2.32. The first-order valence-electron chi connectivity index (χ1n) is 4.81. The summed E-state index contributed by atoms with van der Waals surface area (Å²) in [6.07, 6.45) is 2.57. The van der Waals surface area contributed by atoms with Gasteiger partial charge >= 0.3 is 0 Å². The third-order valence-electron chi connectivity index (χ3n) is 2.22. The molecule has 0 heterocycles. The number of benzene rings is 1. The topological polar surface area (TPSA) is 44.5 Å². The second-order valence-corrected chi connectivity index (χ2v) is 3.19. The summed E-state index contributed by atoms with van der Waals surface area (Å²) in [4.78, 5) is 0. The third kappa shape index (κ3) is 2.50. The van der Waals surface area contributed by atoms with Gasteiger partial charge in [0.05, 0.1) is 14.2 Å². The number of allylic oxidation sites excluding steroid dienone is 1. The summed E-state index contributed by atoms with van der Waals surface area (Å²) >= 11 is 0. The van der Waals surface area contributed by atoms with Gasteiger partial charge in [0.15, 0.2) is 11.5 Å². The SMILES string of the molecule is C=CCc1cc(CN)cc(OC)c1OC. The summed E-state index contributed by atoms with van der Waals surface area (Å²) in [7, 11) is 3.25. The van der Waals surface area contributed by atoms with E-state index in [4.69, 9.17) is 15.2 Å². The Balaban J connectivity index is 3.25. The minimum atomic E-state index is 0.491. The highest BCUT2D eigenvalue weighted by atomic mass is 16.5. The molecule has 15 heavy (non-hydrogen) atoms. The maximum atomic E-state index is 5.61. The molecule has 0 radical (unpaired) electrons. The van der Waals surface area contributed by atoms with Crippen molar-refractivity contribution in [2.75, 3.05) is 14.2 Å². The molecule has 0 aliphatic heterocycles. The molecule has 0 bridgehead atoms. The molecule has 0 saturated heterocycles. The van der Waals surface area contributed by atoms with Crippen LogP contribution in [0.3, 0.4) is 0 Å². The normalized spacial score (nSPS) is 9.80. The van der Waals surface area contributed by atoms with E-state index < -0.39 is 0 Å². The van der Waals surface area contributed by atoms with Crippen molar-refractivity contribution in [3.63, 3.8) is 0 Å². The fraction of sp³-hybridized carbons (Fsp3) is 0.333. The van der Waals surface area contributed by atoms with Gasteiger partial charge in [0.25, 0.3) is 0 Å². The third-order valence-corrected chi connectivity index (χ3v) is 2.22. The molecule has 1 aromatic carbocycles. The van der Waals surface area contributed by atoms with Crippen LogP contribution in [-0.4, -0.2) is 14.2 Å². The number of hydrogen-bond donors (Lipinski definition) is 1. The lowest BCUT2D eigenvalue weighted by atomic mass is 10.1. The van der Waals surface area contributed by atoms with Crippen LogP contribution in [0.2, 0.25) is 0 Å². The van der Waals surface area contributed by atoms with Crippen LogP contribution >= 0.6 is 0 Å². The quantitative estimate of drug-likeness (QED) is 0.750. The van der Waals surface area contributed by atoms with Gasteiger partial charge in [-0.25, -0.2) is 0 Å². The van der Waals surface area contributed by atoms with Crippen molar-refractivity contribution in [1.82, 2.24) is 0 Å². The maximum absolute atomic E-state index is 5.61. The average molecular weight is 207 g/mol. The minimum Gasteiger partial charge on any atom is -0.493 e. The minimum absolute atomic E-state index is 0.491. The van der Waals surface area contributed by atoms with E-state index in [0.29, 0.717) is 6.54 Å². The van der Waals surface area contributed by atoms with Gasteiger partial charge in [-0.15, -0.1) is 6.58 Å². The predicted octanol–water partition coefficient (Wildman–Crippen LogP) is 1.89. The Kier molecular flexibility index (Phi) is 4.18. The first kappa shape index (κ1) is 11.6. The molecule has 0 aliphatic rings. The van der Waals surface area contributed by atoms with Gasteiger partial charge in [-0.05, 0) is 18.1 Å². The Labute approximate surface area is 90.5 Å². The highest BCUT2D eigenvalue weighted by molar-refractivity contribution is 5.50. The van der Waals surface area contributed by atoms with Crippen LogP contribution in [0.25, 0.3) is 0 Å². The molecule has 82 valence electrons. The summed E-state index contributed by atoms with van der Waals surface area (Å²) in [6.45, 7) is 4.21. The molecule has 0 aliphatic carbocycles. The molecule has 3 nitrogen and oxygen atoms in total. The molecular weight excluding hydrogens is 190 g/mol. The molecule has 0 amide bonds. The van der Waals surface area contributed by atoms with Crippen LogP contribution in [0.1, 0.15) is 11.1 Å². The van der Waals surface area contributed by atoms with E-state index in [2.05, 4.69) is 6.58 Å². The number of methoxy groups -OCH3 is 2. The zero-order valence-corrected chi connectivity index (χ0v) is 9.25. The van der Waals surface area contributed by atoms with Gasteiger partial charge < -0.3 is 15.2 Å². The molecule has 0 atom stereocenters. The monoisotopic (exact) mass is 207 g/mol. The molecule has 0 fully saturated rings. The fourth-order valence-electron chi connectivity index (χ4n) is 1.53. The van der Waals surface area contributed by atoms with Crippen LogP contribution in [0.15, 0.2) is 24.8 Å². The zero-order chi connectivity index (χ0) is 11.3. The first-order valence-corrected chi connectivity index (χ1v) is 4.81. The molecule has 0 aromatic heterocycles. The van der Waals surface area contributed by atoms with E-state index in [1.165, 1.54) is 0 Å². The van der Waals surface area contributed by atoms with Crippen molar-refractivity contribution in [2.24, 2.45) is 5.73 Å². The Bertz CT molecular complexity index is 348. The van der Waals surface area contributed by atoms with Crippen molar-refractivity contribution in [2.45, 2.75) is 13.0 Å². The molecule has 3 heteroatoms. The van der Waals surface area contributed by atoms with Crippen LogP contribution in [0, 0.1) is 0 Å². The summed E-state index contributed by atoms with van der Waals surface area (Å²) < 4.78 is 10.6. The van der Waals surface area contributed by atoms with E-state index in [0.717, 1.165) is 29.0 Å². The van der Waals surface area contributed by atoms with Gasteiger partial charge in [0.2, 0.25) is 0 Å². The van der Waals surface area contributed by atoms with E-state index in [9.17, 15) is 0 Å². The van der Waals surface area contributed by atoms with Crippen LogP contribution < -0.4 is 15.2 Å². The van der Waals surface area contributed by atoms with E-state index in [1.807, 2.05) is 18.2 Å². The molecule has 1 rings (SSSR count). The summed E-state index contributed by atoms with van der Waals surface area (Å²) in [5.74, 6) is 1.48. The molecule has 0 spiro atoms. The van der Waals surface area contributed by atoms with Gasteiger partial charge in [-0.3, -0.25) is 0 Å². The van der Waals surface area contributed by atoms with E-state index >= 15 is 0 Å². The maximum Gasteiger partial charge on any atom is 0.164 e. The highest BCUT2D eigenvalue weighted by Gasteiger charge is 2.10. The number of nitrogens with two attached hydrogens (primary N) is 1. The number of hydrogen-bond acceptors (Lipinski definition) is 3. The molecule has 0 saturated carbocycles. The molecular formula is C12H17NO2. The number of rotatable bonds is 5. The Morgan fingerprint density at radius 2 is 2.07 bits per heavy atom. The molecule has 2 N–H and O–H groups in total. The smallest absolute Gasteiger partial charge is 0.164 e. The lowest BCUT2D eigenvalue weighted by Crippen LogP contribution is -2.01. The van der Waals surface area contributed by atoms with Crippen molar-refractivity contribution >= 4 is 0 Å². The summed E-state index contributed by atoms with van der Waals surface area (Å²) in [5, 5.41) is 0. The predicted molar refractivity (Wildman–Crippen MR) is 61.3 cm³/mol. The second-order valence-electron chi connectivity index (χ2n) is 3.19. The van der Waals surface area contributed by atoms with E-state index in [1.54, 1.807) is 14.2 Å². The van der Waals surface area contributed by atoms with Crippen molar-refractivity contribution in [3.05, 3.63) is 35.9 Å². The zero-order valence-electron chi connectivity index (χ0n) is 9.25. The standard InChI is InChI=1S/C12H17NO2/c1-4-5-10-6-9(8-13)7-11(14-2)12(10)15-3/h4,6-7H,1,5,8,13H2,2-3H3. The number of ether oxygens (including phenoxy) is 2. The fourth-order valence-corrected chi connectivity index (χ4v) is 1.53. The van der Waals surface area contributed by atoms with Crippen molar-refractivity contribution in [1.29, 1.82) is 0 Å². The molecule has 1 aromatic rings. The van der Waals surface area contributed by atoms with Gasteiger partial charge in [0.1, 0.15) is 0 Å². The lowest BCUT2D eigenvalue weighted by Gasteiger charge is -2.13. The second kappa shape index (κ2) is 5.41. The van der Waals surface area contributed by atoms with Gasteiger partial charge in [0, 0.05) is 12.1 Å². The lowest BCUT2D eigenvalue weighted by molar-refractivity contribution is 0.352. The summed E-state index contributed by atoms with van der Waals surface area (Å²) in [5.41, 5.74) is 7.69. The van der Waals surface area contributed by atoms with Crippen LogP contribution in [-0.2, 0) is 13.0 Å². The van der Waals surface area contributed by atoms with Gasteiger partial charge in [-0.2, -0.15) is 0 Å². The van der Waals surface area contributed by atoms with Crippen molar-refractivity contribution in [3.8, 4) is 11.5 Å². The van der Waals surface area contributed by atoms with Crippen molar-refractivity contribution < 1.29 is 9.47 Å². The van der Waals surface area contributed by atoms with E-state index in [-0.39, 0.29) is 0 Å². The largest absolute Gasteiger partial charge is 0.493 e. The Morgan fingerprint density at radius 1 is 1.33 bits per heavy atom. The Hall–Kier alpha value is -1.48. The average Bonchev–Trinajstić information content (AvgIpc) is 2.28.